The number of carbonyl (C=O) groups is 1. The maximum absolute atomic E-state index is 12.1. The van der Waals surface area contributed by atoms with Gasteiger partial charge in [0.15, 0.2) is 0 Å². The van der Waals surface area contributed by atoms with E-state index >= 15 is 0 Å². The molecule has 0 bridgehead atoms. The van der Waals surface area contributed by atoms with Gasteiger partial charge in [-0.05, 0) is 48.7 Å². The lowest BCUT2D eigenvalue weighted by Gasteiger charge is -2.08. The summed E-state index contributed by atoms with van der Waals surface area (Å²) in [6.07, 6.45) is 0.462. The van der Waals surface area contributed by atoms with Gasteiger partial charge in [-0.2, -0.15) is 0 Å². The first-order chi connectivity index (χ1) is 9.60. The van der Waals surface area contributed by atoms with Crippen molar-refractivity contribution in [1.82, 2.24) is 0 Å². The average molecular weight is 269 g/mol. The maximum Gasteiger partial charge on any atom is 0.255 e. The summed E-state index contributed by atoms with van der Waals surface area (Å²) in [4.78, 5) is 12.1. The van der Waals surface area contributed by atoms with Crippen LogP contribution in [0.25, 0.3) is 0 Å². The summed E-state index contributed by atoms with van der Waals surface area (Å²) in [6.45, 7) is 3.79. The topological polar surface area (TPSA) is 49.3 Å². The van der Waals surface area contributed by atoms with Gasteiger partial charge in [0.05, 0.1) is 6.10 Å². The molecule has 104 valence electrons. The molecule has 0 spiro atoms. The first kappa shape index (κ1) is 14.3. The van der Waals surface area contributed by atoms with Crippen LogP contribution in [0.5, 0.6) is 0 Å². The third-order valence-corrected chi connectivity index (χ3v) is 3.28. The molecule has 3 heteroatoms. The molecule has 0 saturated carbocycles. The van der Waals surface area contributed by atoms with Gasteiger partial charge in [0, 0.05) is 11.3 Å². The molecule has 3 nitrogen and oxygen atoms in total. The first-order valence-electron chi connectivity index (χ1n) is 6.78. The summed E-state index contributed by atoms with van der Waals surface area (Å²) >= 11 is 0. The second-order valence-electron chi connectivity index (χ2n) is 4.80. The van der Waals surface area contributed by atoms with E-state index < -0.39 is 6.10 Å². The Hall–Kier alpha value is -2.13. The van der Waals surface area contributed by atoms with E-state index in [0.29, 0.717) is 5.56 Å². The number of nitrogens with one attached hydrogen (secondary N) is 1. The molecule has 2 aromatic carbocycles. The fourth-order valence-electron chi connectivity index (χ4n) is 1.94. The van der Waals surface area contributed by atoms with Crippen LogP contribution in [0.4, 0.5) is 5.69 Å². The van der Waals surface area contributed by atoms with Gasteiger partial charge in [0.25, 0.3) is 5.91 Å². The first-order valence-corrected chi connectivity index (χ1v) is 6.78. The number of carbonyl (C=O) groups excluding carboxylic acids is 1. The van der Waals surface area contributed by atoms with Crippen molar-refractivity contribution in [2.45, 2.75) is 26.4 Å². The van der Waals surface area contributed by atoms with Gasteiger partial charge >= 0.3 is 0 Å². The zero-order valence-electron chi connectivity index (χ0n) is 11.8. The molecule has 0 unspecified atom stereocenters. The molecule has 2 N–H and O–H groups in total. The van der Waals surface area contributed by atoms with Crippen LogP contribution in [-0.4, -0.2) is 11.0 Å². The SMILES string of the molecule is CCc1ccc(C(=O)Nc2ccc([C@@H](C)O)cc2)cc1. The molecule has 0 aromatic heterocycles. The number of anilines is 1. The van der Waals surface area contributed by atoms with Gasteiger partial charge in [-0.1, -0.05) is 31.2 Å². The molecule has 0 aliphatic rings. The normalized spacial score (nSPS) is 11.9. The van der Waals surface area contributed by atoms with Crippen LogP contribution >= 0.6 is 0 Å². The number of aryl methyl sites for hydroxylation is 1. The van der Waals surface area contributed by atoms with E-state index in [1.54, 1.807) is 31.2 Å². The second-order valence-corrected chi connectivity index (χ2v) is 4.80. The summed E-state index contributed by atoms with van der Waals surface area (Å²) in [5, 5.41) is 12.3. The molecule has 0 aliphatic heterocycles. The van der Waals surface area contributed by atoms with E-state index in [0.717, 1.165) is 17.7 Å². The Morgan fingerprint density at radius 2 is 1.70 bits per heavy atom. The lowest BCUT2D eigenvalue weighted by Crippen LogP contribution is -2.11. The molecule has 2 aromatic rings. The van der Waals surface area contributed by atoms with Crippen molar-refractivity contribution in [3.05, 3.63) is 65.2 Å². The van der Waals surface area contributed by atoms with Crippen molar-refractivity contribution in [3.8, 4) is 0 Å². The molecule has 1 amide bonds. The van der Waals surface area contributed by atoms with Gasteiger partial charge in [-0.25, -0.2) is 0 Å². The minimum Gasteiger partial charge on any atom is -0.389 e. The van der Waals surface area contributed by atoms with Crippen LogP contribution < -0.4 is 5.32 Å². The van der Waals surface area contributed by atoms with E-state index in [1.165, 1.54) is 5.56 Å². The molecule has 20 heavy (non-hydrogen) atoms. The lowest BCUT2D eigenvalue weighted by atomic mass is 10.1. The fourth-order valence-corrected chi connectivity index (χ4v) is 1.94. The Kier molecular flexibility index (Phi) is 4.53. The highest BCUT2D eigenvalue weighted by Gasteiger charge is 2.06. The van der Waals surface area contributed by atoms with Crippen LogP contribution in [0.2, 0.25) is 0 Å². The molecule has 1 atom stereocenters. The molecule has 0 radical (unpaired) electrons. The summed E-state index contributed by atoms with van der Waals surface area (Å²) in [5.74, 6) is -0.127. The van der Waals surface area contributed by atoms with Crippen molar-refractivity contribution in [3.63, 3.8) is 0 Å². The van der Waals surface area contributed by atoms with Crippen molar-refractivity contribution >= 4 is 11.6 Å². The van der Waals surface area contributed by atoms with Gasteiger partial charge in [0.2, 0.25) is 0 Å². The van der Waals surface area contributed by atoms with Gasteiger partial charge in [-0.3, -0.25) is 4.79 Å². The molecular weight excluding hydrogens is 250 g/mol. The Labute approximate surface area is 119 Å². The summed E-state index contributed by atoms with van der Waals surface area (Å²) < 4.78 is 0. The summed E-state index contributed by atoms with van der Waals surface area (Å²) in [7, 11) is 0. The van der Waals surface area contributed by atoms with Gasteiger partial charge in [0.1, 0.15) is 0 Å². The summed E-state index contributed by atoms with van der Waals surface area (Å²) in [5.41, 5.74) is 3.40. The van der Waals surface area contributed by atoms with E-state index in [2.05, 4.69) is 12.2 Å². The van der Waals surface area contributed by atoms with Crippen LogP contribution in [0.15, 0.2) is 48.5 Å². The Bertz CT molecular complexity index is 571. The highest BCUT2D eigenvalue weighted by molar-refractivity contribution is 6.04. The molecular formula is C17H19NO2. The Morgan fingerprint density at radius 3 is 2.20 bits per heavy atom. The largest absolute Gasteiger partial charge is 0.389 e. The molecule has 0 heterocycles. The van der Waals surface area contributed by atoms with Crippen LogP contribution in [0.3, 0.4) is 0 Å². The number of amides is 1. The highest BCUT2D eigenvalue weighted by Crippen LogP contribution is 2.16. The zero-order chi connectivity index (χ0) is 14.5. The molecule has 0 fully saturated rings. The predicted octanol–water partition coefficient (Wildman–Crippen LogP) is 3.55. The van der Waals surface area contributed by atoms with Gasteiger partial charge < -0.3 is 10.4 Å². The number of hydrogen-bond donors (Lipinski definition) is 2. The number of benzene rings is 2. The van der Waals surface area contributed by atoms with Crippen molar-refractivity contribution in [2.24, 2.45) is 0 Å². The molecule has 0 aliphatic carbocycles. The van der Waals surface area contributed by atoms with Crippen molar-refractivity contribution in [1.29, 1.82) is 0 Å². The monoisotopic (exact) mass is 269 g/mol. The minimum atomic E-state index is -0.499. The van der Waals surface area contributed by atoms with Crippen molar-refractivity contribution in [2.75, 3.05) is 5.32 Å². The lowest BCUT2D eigenvalue weighted by molar-refractivity contribution is 0.102. The van der Waals surface area contributed by atoms with Crippen LogP contribution in [-0.2, 0) is 6.42 Å². The van der Waals surface area contributed by atoms with E-state index in [-0.39, 0.29) is 5.91 Å². The number of aliphatic hydroxyl groups excluding tert-OH is 1. The van der Waals surface area contributed by atoms with E-state index in [4.69, 9.17) is 0 Å². The van der Waals surface area contributed by atoms with E-state index in [9.17, 15) is 9.90 Å². The van der Waals surface area contributed by atoms with Crippen LogP contribution in [0, 0.1) is 0 Å². The van der Waals surface area contributed by atoms with Gasteiger partial charge in [-0.15, -0.1) is 0 Å². The smallest absolute Gasteiger partial charge is 0.255 e. The number of hydrogen-bond acceptors (Lipinski definition) is 2. The average Bonchev–Trinajstić information content (AvgIpc) is 2.48. The Morgan fingerprint density at radius 1 is 1.10 bits per heavy atom. The zero-order valence-corrected chi connectivity index (χ0v) is 11.8. The predicted molar refractivity (Wildman–Crippen MR) is 80.8 cm³/mol. The molecule has 2 rings (SSSR count). The number of rotatable bonds is 4. The fraction of sp³-hybridized carbons (Fsp3) is 0.235. The Balaban J connectivity index is 2.06. The molecule has 0 saturated heterocycles. The quantitative estimate of drug-likeness (QED) is 0.891. The maximum atomic E-state index is 12.1. The third kappa shape index (κ3) is 3.45. The number of aliphatic hydroxyl groups is 1. The van der Waals surface area contributed by atoms with E-state index in [1.807, 2.05) is 24.3 Å². The van der Waals surface area contributed by atoms with Crippen molar-refractivity contribution < 1.29 is 9.90 Å². The highest BCUT2D eigenvalue weighted by atomic mass is 16.3. The second kappa shape index (κ2) is 6.35. The van der Waals surface area contributed by atoms with Crippen LogP contribution in [0.1, 0.15) is 41.4 Å². The minimum absolute atomic E-state index is 0.127. The standard InChI is InChI=1S/C17H19NO2/c1-3-13-4-6-15(7-5-13)17(20)18-16-10-8-14(9-11-16)12(2)19/h4-12,19H,3H2,1-2H3,(H,18,20)/t12-/m1/s1. The third-order valence-electron chi connectivity index (χ3n) is 3.28. The summed E-state index contributed by atoms with van der Waals surface area (Å²) in [6, 6.07) is 14.8.